The Labute approximate surface area is 126 Å². The normalized spacial score (nSPS) is 11.2. The SMILES string of the molecule is N#Cc1ccc(Sc2cccc(C(F)(F)F)c2)c(Br)c1. The van der Waals surface area contributed by atoms with Gasteiger partial charge in [-0.1, -0.05) is 17.8 Å². The van der Waals surface area contributed by atoms with Gasteiger partial charge in [0.15, 0.2) is 0 Å². The molecule has 2 aromatic rings. The predicted molar refractivity (Wildman–Crippen MR) is 74.4 cm³/mol. The predicted octanol–water partition coefficient (Wildman–Crippen LogP) is 5.49. The summed E-state index contributed by atoms with van der Waals surface area (Å²) in [5.74, 6) is 0. The van der Waals surface area contributed by atoms with Crippen LogP contribution in [0.15, 0.2) is 56.7 Å². The zero-order chi connectivity index (χ0) is 14.8. The van der Waals surface area contributed by atoms with E-state index in [1.165, 1.54) is 17.8 Å². The van der Waals surface area contributed by atoms with Crippen LogP contribution in [0.2, 0.25) is 0 Å². The third-order valence-electron chi connectivity index (χ3n) is 2.45. The molecule has 102 valence electrons. The fourth-order valence-electron chi connectivity index (χ4n) is 1.52. The van der Waals surface area contributed by atoms with Crippen molar-refractivity contribution >= 4 is 27.7 Å². The van der Waals surface area contributed by atoms with Gasteiger partial charge in [0.05, 0.1) is 17.2 Å². The molecule has 2 aromatic carbocycles. The van der Waals surface area contributed by atoms with E-state index in [0.29, 0.717) is 14.9 Å². The fraction of sp³-hybridized carbons (Fsp3) is 0.0714. The molecule has 0 aliphatic rings. The summed E-state index contributed by atoms with van der Waals surface area (Å²) < 4.78 is 38.6. The van der Waals surface area contributed by atoms with Crippen molar-refractivity contribution in [3.05, 3.63) is 58.1 Å². The molecule has 6 heteroatoms. The monoisotopic (exact) mass is 357 g/mol. The van der Waals surface area contributed by atoms with Gasteiger partial charge in [0.25, 0.3) is 0 Å². The van der Waals surface area contributed by atoms with Gasteiger partial charge in [-0.15, -0.1) is 0 Å². The zero-order valence-corrected chi connectivity index (χ0v) is 12.3. The van der Waals surface area contributed by atoms with Gasteiger partial charge in [0.2, 0.25) is 0 Å². The Hall–Kier alpha value is -1.45. The molecule has 0 aliphatic carbocycles. The zero-order valence-electron chi connectivity index (χ0n) is 9.91. The van der Waals surface area contributed by atoms with E-state index in [9.17, 15) is 13.2 Å². The van der Waals surface area contributed by atoms with Crippen molar-refractivity contribution in [1.29, 1.82) is 5.26 Å². The van der Waals surface area contributed by atoms with Gasteiger partial charge in [-0.25, -0.2) is 0 Å². The number of alkyl halides is 3. The Bertz CT molecular complexity index is 677. The first kappa shape index (κ1) is 14.9. The molecule has 0 heterocycles. The van der Waals surface area contributed by atoms with Gasteiger partial charge in [0, 0.05) is 14.3 Å². The van der Waals surface area contributed by atoms with E-state index in [1.807, 2.05) is 6.07 Å². The Morgan fingerprint density at radius 3 is 2.45 bits per heavy atom. The van der Waals surface area contributed by atoms with E-state index >= 15 is 0 Å². The Morgan fingerprint density at radius 1 is 1.10 bits per heavy atom. The molecule has 20 heavy (non-hydrogen) atoms. The van der Waals surface area contributed by atoms with Crippen LogP contribution < -0.4 is 0 Å². The molecule has 0 bridgehead atoms. The molecule has 0 radical (unpaired) electrons. The standard InChI is InChI=1S/C14H7BrF3NS/c15-12-6-9(8-19)4-5-13(12)20-11-3-1-2-10(7-11)14(16,17)18/h1-7H. The molecule has 0 saturated heterocycles. The number of nitriles is 1. The summed E-state index contributed by atoms with van der Waals surface area (Å²) in [5, 5.41) is 8.77. The van der Waals surface area contributed by atoms with Crippen molar-refractivity contribution in [3.63, 3.8) is 0 Å². The van der Waals surface area contributed by atoms with Crippen molar-refractivity contribution in [2.75, 3.05) is 0 Å². The molecule has 0 unspecified atom stereocenters. The molecule has 0 amide bonds. The second-order valence-corrected chi connectivity index (χ2v) is 5.85. The smallest absolute Gasteiger partial charge is 0.192 e. The van der Waals surface area contributed by atoms with Crippen LogP contribution >= 0.6 is 27.7 Å². The van der Waals surface area contributed by atoms with Crippen molar-refractivity contribution in [3.8, 4) is 6.07 Å². The summed E-state index contributed by atoms with van der Waals surface area (Å²) in [6.07, 6.45) is -4.35. The van der Waals surface area contributed by atoms with Crippen molar-refractivity contribution in [1.82, 2.24) is 0 Å². The lowest BCUT2D eigenvalue weighted by atomic mass is 10.2. The quantitative estimate of drug-likeness (QED) is 0.709. The lowest BCUT2D eigenvalue weighted by Gasteiger charge is -2.09. The van der Waals surface area contributed by atoms with E-state index in [1.54, 1.807) is 24.3 Å². The molecular weight excluding hydrogens is 351 g/mol. The third-order valence-corrected chi connectivity index (χ3v) is 4.43. The van der Waals surface area contributed by atoms with E-state index < -0.39 is 11.7 Å². The largest absolute Gasteiger partial charge is 0.416 e. The fourth-order valence-corrected chi connectivity index (χ4v) is 3.02. The summed E-state index contributed by atoms with van der Waals surface area (Å²) in [4.78, 5) is 1.24. The first-order valence-electron chi connectivity index (χ1n) is 5.45. The van der Waals surface area contributed by atoms with Gasteiger partial charge in [-0.2, -0.15) is 18.4 Å². The summed E-state index contributed by atoms with van der Waals surface area (Å²) in [6, 6.07) is 12.1. The molecule has 0 spiro atoms. The maximum atomic E-state index is 12.6. The molecule has 0 fully saturated rings. The second-order valence-electron chi connectivity index (χ2n) is 3.88. The summed E-state index contributed by atoms with van der Waals surface area (Å²) in [7, 11) is 0. The van der Waals surface area contributed by atoms with Gasteiger partial charge >= 0.3 is 6.18 Å². The average molecular weight is 358 g/mol. The number of rotatable bonds is 2. The third kappa shape index (κ3) is 3.56. The van der Waals surface area contributed by atoms with Crippen molar-refractivity contribution in [2.45, 2.75) is 16.0 Å². The maximum absolute atomic E-state index is 12.6. The number of nitrogens with zero attached hydrogens (tertiary/aromatic N) is 1. The Balaban J connectivity index is 2.29. The first-order valence-corrected chi connectivity index (χ1v) is 7.06. The minimum absolute atomic E-state index is 0.491. The number of hydrogen-bond donors (Lipinski definition) is 0. The number of hydrogen-bond acceptors (Lipinski definition) is 2. The highest BCUT2D eigenvalue weighted by Gasteiger charge is 2.30. The molecule has 0 atom stereocenters. The van der Waals surface area contributed by atoms with Crippen LogP contribution in [0.1, 0.15) is 11.1 Å². The Kier molecular flexibility index (Phi) is 4.41. The first-order chi connectivity index (χ1) is 9.40. The number of benzene rings is 2. The molecule has 0 aromatic heterocycles. The Morgan fingerprint density at radius 2 is 1.85 bits per heavy atom. The van der Waals surface area contributed by atoms with Gasteiger partial charge in [-0.3, -0.25) is 0 Å². The van der Waals surface area contributed by atoms with Crippen LogP contribution in [-0.4, -0.2) is 0 Å². The molecule has 1 nitrogen and oxygen atoms in total. The highest BCUT2D eigenvalue weighted by molar-refractivity contribution is 9.10. The van der Waals surface area contributed by atoms with Gasteiger partial charge in [-0.05, 0) is 52.3 Å². The lowest BCUT2D eigenvalue weighted by molar-refractivity contribution is -0.137. The average Bonchev–Trinajstić information content (AvgIpc) is 2.40. The molecule has 2 rings (SSSR count). The summed E-state index contributed by atoms with van der Waals surface area (Å²) in [5.41, 5.74) is -0.183. The summed E-state index contributed by atoms with van der Waals surface area (Å²) in [6.45, 7) is 0. The van der Waals surface area contributed by atoms with Gasteiger partial charge < -0.3 is 0 Å². The highest BCUT2D eigenvalue weighted by atomic mass is 79.9. The lowest BCUT2D eigenvalue weighted by Crippen LogP contribution is -2.04. The van der Waals surface area contributed by atoms with Crippen LogP contribution in [0.3, 0.4) is 0 Å². The van der Waals surface area contributed by atoms with E-state index in [-0.39, 0.29) is 0 Å². The highest BCUT2D eigenvalue weighted by Crippen LogP contribution is 2.37. The minimum atomic E-state index is -4.35. The van der Waals surface area contributed by atoms with E-state index in [4.69, 9.17) is 5.26 Å². The minimum Gasteiger partial charge on any atom is -0.192 e. The van der Waals surface area contributed by atoms with Crippen LogP contribution in [0.5, 0.6) is 0 Å². The molecular formula is C14H7BrF3NS. The van der Waals surface area contributed by atoms with E-state index in [2.05, 4.69) is 15.9 Å². The van der Waals surface area contributed by atoms with Crippen LogP contribution in [0.4, 0.5) is 13.2 Å². The van der Waals surface area contributed by atoms with E-state index in [0.717, 1.165) is 17.0 Å². The van der Waals surface area contributed by atoms with Crippen molar-refractivity contribution < 1.29 is 13.2 Å². The van der Waals surface area contributed by atoms with Gasteiger partial charge in [0.1, 0.15) is 0 Å². The number of halogens is 4. The van der Waals surface area contributed by atoms with Crippen LogP contribution in [-0.2, 0) is 6.18 Å². The van der Waals surface area contributed by atoms with Crippen LogP contribution in [0.25, 0.3) is 0 Å². The second kappa shape index (κ2) is 5.90. The molecule has 0 aliphatic heterocycles. The molecule has 0 saturated carbocycles. The topological polar surface area (TPSA) is 23.8 Å². The van der Waals surface area contributed by atoms with Crippen LogP contribution in [0, 0.1) is 11.3 Å². The summed E-state index contributed by atoms with van der Waals surface area (Å²) >= 11 is 4.52. The molecule has 0 N–H and O–H groups in total. The maximum Gasteiger partial charge on any atom is 0.416 e. The van der Waals surface area contributed by atoms with Crippen molar-refractivity contribution in [2.24, 2.45) is 0 Å².